The molecule has 0 N–H and O–H groups in total. The molecule has 0 saturated carbocycles. The maximum absolute atomic E-state index is 12.7. The molecule has 25 heavy (non-hydrogen) atoms. The van der Waals surface area contributed by atoms with Crippen LogP contribution in [0.1, 0.15) is 23.9 Å². The van der Waals surface area contributed by atoms with Gasteiger partial charge in [-0.05, 0) is 37.3 Å². The Kier molecular flexibility index (Phi) is 5.66. The van der Waals surface area contributed by atoms with Gasteiger partial charge in [-0.1, -0.05) is 36.4 Å². The van der Waals surface area contributed by atoms with Gasteiger partial charge < -0.3 is 9.32 Å². The van der Waals surface area contributed by atoms with Gasteiger partial charge in [0.05, 0.1) is 17.0 Å². The lowest BCUT2D eigenvalue weighted by Gasteiger charge is -2.20. The Morgan fingerprint density at radius 1 is 1.20 bits per heavy atom. The third-order valence-electron chi connectivity index (χ3n) is 4.19. The van der Waals surface area contributed by atoms with Gasteiger partial charge in [-0.25, -0.2) is 4.98 Å². The van der Waals surface area contributed by atoms with Gasteiger partial charge in [-0.2, -0.15) is 0 Å². The van der Waals surface area contributed by atoms with Gasteiger partial charge in [-0.3, -0.25) is 4.79 Å². The molecular weight excluding hydrogens is 332 g/mol. The maximum atomic E-state index is 12.7. The summed E-state index contributed by atoms with van der Waals surface area (Å²) in [6.07, 6.45) is 1.14. The molecule has 0 radical (unpaired) electrons. The summed E-state index contributed by atoms with van der Waals surface area (Å²) in [6.45, 7) is 5.29. The summed E-state index contributed by atoms with van der Waals surface area (Å²) in [5, 5.41) is 1.99. The van der Waals surface area contributed by atoms with Gasteiger partial charge in [0.2, 0.25) is 11.8 Å². The monoisotopic (exact) mass is 354 g/mol. The summed E-state index contributed by atoms with van der Waals surface area (Å²) < 4.78 is 5.73. The van der Waals surface area contributed by atoms with Crippen molar-refractivity contribution in [1.82, 2.24) is 9.88 Å². The first-order chi connectivity index (χ1) is 12.2. The van der Waals surface area contributed by atoms with Gasteiger partial charge in [0.25, 0.3) is 0 Å². The zero-order valence-electron chi connectivity index (χ0n) is 14.6. The van der Waals surface area contributed by atoms with E-state index in [1.54, 1.807) is 11.3 Å². The van der Waals surface area contributed by atoms with Crippen LogP contribution in [0.4, 0.5) is 0 Å². The molecule has 0 unspecified atom stereocenters. The molecule has 0 atom stereocenters. The Labute approximate surface area is 152 Å². The molecule has 0 aliphatic carbocycles. The number of hydrogen-bond acceptors (Lipinski definition) is 4. The van der Waals surface area contributed by atoms with Crippen LogP contribution in [-0.2, 0) is 17.6 Å². The van der Waals surface area contributed by atoms with E-state index in [-0.39, 0.29) is 12.3 Å². The minimum atomic E-state index is 0.0903. The average Bonchev–Trinajstić information content (AvgIpc) is 3.27. The third kappa shape index (κ3) is 4.37. The summed E-state index contributed by atoms with van der Waals surface area (Å²) in [5.74, 6) is 1.41. The second kappa shape index (κ2) is 8.12. The van der Waals surface area contributed by atoms with E-state index in [9.17, 15) is 4.79 Å². The van der Waals surface area contributed by atoms with Crippen molar-refractivity contribution in [1.29, 1.82) is 0 Å². The summed E-state index contributed by atoms with van der Waals surface area (Å²) in [7, 11) is 0. The van der Waals surface area contributed by atoms with Crippen LogP contribution < -0.4 is 0 Å². The number of oxazole rings is 1. The van der Waals surface area contributed by atoms with E-state index in [1.807, 2.05) is 54.5 Å². The highest BCUT2D eigenvalue weighted by Crippen LogP contribution is 2.26. The van der Waals surface area contributed by atoms with E-state index >= 15 is 0 Å². The lowest BCUT2D eigenvalue weighted by molar-refractivity contribution is -0.130. The van der Waals surface area contributed by atoms with Crippen molar-refractivity contribution in [2.24, 2.45) is 0 Å². The predicted octanol–water partition coefficient (Wildman–Crippen LogP) is 4.35. The topological polar surface area (TPSA) is 46.3 Å². The van der Waals surface area contributed by atoms with E-state index in [1.165, 1.54) is 5.56 Å². The SMILES string of the molecule is CCN(CCc1ccccc1)C(=O)Cc1nc(-c2cccs2)oc1C. The summed E-state index contributed by atoms with van der Waals surface area (Å²) in [4.78, 5) is 20.0. The Hall–Kier alpha value is -2.40. The highest BCUT2D eigenvalue weighted by molar-refractivity contribution is 7.13. The first kappa shape index (κ1) is 17.4. The van der Waals surface area contributed by atoms with Crippen molar-refractivity contribution in [2.45, 2.75) is 26.7 Å². The van der Waals surface area contributed by atoms with Crippen LogP contribution in [0.2, 0.25) is 0 Å². The van der Waals surface area contributed by atoms with E-state index < -0.39 is 0 Å². The van der Waals surface area contributed by atoms with Crippen LogP contribution >= 0.6 is 11.3 Å². The molecular formula is C20H22N2O2S. The average molecular weight is 354 g/mol. The van der Waals surface area contributed by atoms with Crippen LogP contribution in [-0.4, -0.2) is 28.9 Å². The van der Waals surface area contributed by atoms with Crippen molar-refractivity contribution in [3.8, 4) is 10.8 Å². The normalized spacial score (nSPS) is 10.8. The number of carbonyl (C=O) groups excluding carboxylic acids is 1. The number of aromatic nitrogens is 1. The van der Waals surface area contributed by atoms with E-state index in [0.29, 0.717) is 19.0 Å². The molecule has 3 aromatic rings. The Bertz CT molecular complexity index is 810. The number of likely N-dealkylation sites (N-methyl/N-ethyl adjacent to an activating group) is 1. The van der Waals surface area contributed by atoms with E-state index in [0.717, 1.165) is 22.8 Å². The molecule has 3 rings (SSSR count). The number of benzene rings is 1. The van der Waals surface area contributed by atoms with Gasteiger partial charge in [0.15, 0.2) is 0 Å². The lowest BCUT2D eigenvalue weighted by Crippen LogP contribution is -2.34. The van der Waals surface area contributed by atoms with Crippen LogP contribution in [0.3, 0.4) is 0 Å². The summed E-state index contributed by atoms with van der Waals surface area (Å²) >= 11 is 1.58. The Morgan fingerprint density at radius 3 is 2.68 bits per heavy atom. The van der Waals surface area contributed by atoms with Crippen LogP contribution in [0.15, 0.2) is 52.3 Å². The van der Waals surface area contributed by atoms with Crippen LogP contribution in [0.5, 0.6) is 0 Å². The minimum Gasteiger partial charge on any atom is -0.440 e. The molecule has 0 bridgehead atoms. The zero-order chi connectivity index (χ0) is 17.6. The molecule has 0 aliphatic heterocycles. The molecule has 2 heterocycles. The maximum Gasteiger partial charge on any atom is 0.236 e. The number of aryl methyl sites for hydroxylation is 1. The van der Waals surface area contributed by atoms with E-state index in [4.69, 9.17) is 4.42 Å². The predicted molar refractivity (Wildman–Crippen MR) is 101 cm³/mol. The molecule has 0 fully saturated rings. The lowest BCUT2D eigenvalue weighted by atomic mass is 10.1. The first-order valence-corrected chi connectivity index (χ1v) is 9.37. The van der Waals surface area contributed by atoms with Crippen molar-refractivity contribution in [3.05, 3.63) is 64.9 Å². The molecule has 5 heteroatoms. The van der Waals surface area contributed by atoms with Crippen molar-refractivity contribution in [3.63, 3.8) is 0 Å². The fourth-order valence-electron chi connectivity index (χ4n) is 2.72. The summed E-state index contributed by atoms with van der Waals surface area (Å²) in [6, 6.07) is 14.2. The third-order valence-corrected chi connectivity index (χ3v) is 5.05. The van der Waals surface area contributed by atoms with Gasteiger partial charge in [0, 0.05) is 13.1 Å². The van der Waals surface area contributed by atoms with Crippen molar-refractivity contribution < 1.29 is 9.21 Å². The number of carbonyl (C=O) groups is 1. The largest absolute Gasteiger partial charge is 0.440 e. The van der Waals surface area contributed by atoms with Crippen LogP contribution in [0, 0.1) is 6.92 Å². The fourth-order valence-corrected chi connectivity index (χ4v) is 3.37. The minimum absolute atomic E-state index is 0.0903. The molecule has 2 aromatic heterocycles. The Morgan fingerprint density at radius 2 is 2.00 bits per heavy atom. The molecule has 1 aromatic carbocycles. The standard InChI is InChI=1S/C20H22N2O2S/c1-3-22(12-11-16-8-5-4-6-9-16)19(23)14-17-15(2)24-20(21-17)18-10-7-13-25-18/h4-10,13H,3,11-12,14H2,1-2H3. The number of hydrogen-bond donors (Lipinski definition) is 0. The zero-order valence-corrected chi connectivity index (χ0v) is 15.4. The second-order valence-corrected chi connectivity index (χ2v) is 6.83. The summed E-state index contributed by atoms with van der Waals surface area (Å²) in [5.41, 5.74) is 1.97. The number of rotatable bonds is 7. The number of amides is 1. The number of thiophene rings is 1. The smallest absolute Gasteiger partial charge is 0.236 e. The highest BCUT2D eigenvalue weighted by Gasteiger charge is 2.18. The molecule has 4 nitrogen and oxygen atoms in total. The molecule has 0 spiro atoms. The molecule has 1 amide bonds. The first-order valence-electron chi connectivity index (χ1n) is 8.49. The van der Waals surface area contributed by atoms with E-state index in [2.05, 4.69) is 17.1 Å². The number of nitrogens with zero attached hydrogens (tertiary/aromatic N) is 2. The molecule has 0 aliphatic rings. The van der Waals surface area contributed by atoms with Crippen molar-refractivity contribution >= 4 is 17.2 Å². The highest BCUT2D eigenvalue weighted by atomic mass is 32.1. The second-order valence-electron chi connectivity index (χ2n) is 5.88. The van der Waals surface area contributed by atoms with Crippen LogP contribution in [0.25, 0.3) is 10.8 Å². The van der Waals surface area contributed by atoms with Gasteiger partial charge in [-0.15, -0.1) is 11.3 Å². The quantitative estimate of drug-likeness (QED) is 0.634. The molecule has 0 saturated heterocycles. The van der Waals surface area contributed by atoms with Gasteiger partial charge >= 0.3 is 0 Å². The fraction of sp³-hybridized carbons (Fsp3) is 0.300. The molecule has 130 valence electrons. The Balaban J connectivity index is 1.64. The van der Waals surface area contributed by atoms with Crippen molar-refractivity contribution in [2.75, 3.05) is 13.1 Å². The van der Waals surface area contributed by atoms with Gasteiger partial charge in [0.1, 0.15) is 5.76 Å².